The number of aryl methyl sites for hydroxylation is 1. The summed E-state index contributed by atoms with van der Waals surface area (Å²) in [6.45, 7) is 6.37. The van der Waals surface area contributed by atoms with Gasteiger partial charge >= 0.3 is 0 Å². The monoisotopic (exact) mass is 291 g/mol. The molecule has 0 radical (unpaired) electrons. The van der Waals surface area contributed by atoms with E-state index in [4.69, 9.17) is 5.73 Å². The number of anilines is 1. The number of rotatable bonds is 7. The van der Waals surface area contributed by atoms with Crippen LogP contribution < -0.4 is 16.4 Å². The SMILES string of the molecule is CCCCC(N)C(=O)Nc1cc(C(=O)NCC)ccc1C. The lowest BCUT2D eigenvalue weighted by atomic mass is 10.1. The van der Waals surface area contributed by atoms with Crippen molar-refractivity contribution in [2.75, 3.05) is 11.9 Å². The molecule has 0 saturated carbocycles. The highest BCUT2D eigenvalue weighted by molar-refractivity contribution is 5.99. The third-order valence-corrected chi connectivity index (χ3v) is 3.30. The second-order valence-electron chi connectivity index (χ2n) is 5.13. The van der Waals surface area contributed by atoms with E-state index in [2.05, 4.69) is 17.6 Å². The Bertz CT molecular complexity index is 500. The Labute approximate surface area is 126 Å². The van der Waals surface area contributed by atoms with Gasteiger partial charge < -0.3 is 16.4 Å². The second-order valence-corrected chi connectivity index (χ2v) is 5.13. The van der Waals surface area contributed by atoms with Crippen LogP contribution in [0.2, 0.25) is 0 Å². The zero-order chi connectivity index (χ0) is 15.8. The normalized spacial score (nSPS) is 11.8. The molecule has 0 saturated heterocycles. The van der Waals surface area contributed by atoms with Crippen LogP contribution in [0.4, 0.5) is 5.69 Å². The Morgan fingerprint density at radius 3 is 2.62 bits per heavy atom. The van der Waals surface area contributed by atoms with Crippen LogP contribution in [-0.2, 0) is 4.79 Å². The van der Waals surface area contributed by atoms with E-state index in [-0.39, 0.29) is 11.8 Å². The van der Waals surface area contributed by atoms with E-state index in [1.54, 1.807) is 12.1 Å². The summed E-state index contributed by atoms with van der Waals surface area (Å²) < 4.78 is 0. The molecule has 0 aliphatic rings. The van der Waals surface area contributed by atoms with E-state index in [0.717, 1.165) is 18.4 Å². The summed E-state index contributed by atoms with van der Waals surface area (Å²) >= 11 is 0. The minimum Gasteiger partial charge on any atom is -0.352 e. The molecule has 0 spiro atoms. The van der Waals surface area contributed by atoms with Gasteiger partial charge in [0.15, 0.2) is 0 Å². The molecule has 0 aromatic heterocycles. The molecule has 0 bridgehead atoms. The quantitative estimate of drug-likeness (QED) is 0.720. The predicted octanol–water partition coefficient (Wildman–Crippen LogP) is 2.20. The van der Waals surface area contributed by atoms with E-state index in [0.29, 0.717) is 24.2 Å². The standard InChI is InChI=1S/C16H25N3O2/c1-4-6-7-13(17)16(21)19-14-10-12(9-8-11(14)3)15(20)18-5-2/h8-10,13H,4-7,17H2,1-3H3,(H,18,20)(H,19,21). The minimum absolute atomic E-state index is 0.150. The fourth-order valence-electron chi connectivity index (χ4n) is 1.94. The molecule has 1 unspecified atom stereocenters. The van der Waals surface area contributed by atoms with E-state index in [1.165, 1.54) is 0 Å². The number of carbonyl (C=O) groups excluding carboxylic acids is 2. The molecule has 2 amide bonds. The average Bonchev–Trinajstić information content (AvgIpc) is 2.47. The van der Waals surface area contributed by atoms with Gasteiger partial charge in [-0.1, -0.05) is 25.8 Å². The molecule has 1 atom stereocenters. The first-order valence-corrected chi connectivity index (χ1v) is 7.44. The Morgan fingerprint density at radius 1 is 1.29 bits per heavy atom. The van der Waals surface area contributed by atoms with E-state index in [1.807, 2.05) is 19.9 Å². The van der Waals surface area contributed by atoms with Crippen molar-refractivity contribution < 1.29 is 9.59 Å². The van der Waals surface area contributed by atoms with Crippen LogP contribution >= 0.6 is 0 Å². The summed E-state index contributed by atoms with van der Waals surface area (Å²) in [6.07, 6.45) is 2.59. The van der Waals surface area contributed by atoms with Crippen molar-refractivity contribution in [3.8, 4) is 0 Å². The molecule has 0 heterocycles. The number of nitrogens with one attached hydrogen (secondary N) is 2. The Kier molecular flexibility index (Phi) is 6.88. The molecule has 0 aliphatic carbocycles. The van der Waals surface area contributed by atoms with Gasteiger partial charge in [0.2, 0.25) is 5.91 Å². The zero-order valence-electron chi connectivity index (χ0n) is 13.0. The molecule has 116 valence electrons. The zero-order valence-corrected chi connectivity index (χ0v) is 13.0. The van der Waals surface area contributed by atoms with Crippen LogP contribution in [-0.4, -0.2) is 24.4 Å². The Morgan fingerprint density at radius 2 is 2.00 bits per heavy atom. The maximum Gasteiger partial charge on any atom is 0.251 e. The summed E-state index contributed by atoms with van der Waals surface area (Å²) in [5.41, 5.74) is 7.92. The molecule has 1 rings (SSSR count). The lowest BCUT2D eigenvalue weighted by Gasteiger charge is -2.14. The molecule has 5 heteroatoms. The van der Waals surface area contributed by atoms with Gasteiger partial charge in [-0.2, -0.15) is 0 Å². The van der Waals surface area contributed by atoms with Crippen LogP contribution in [0.15, 0.2) is 18.2 Å². The van der Waals surface area contributed by atoms with Crippen LogP contribution in [0, 0.1) is 6.92 Å². The lowest BCUT2D eigenvalue weighted by Crippen LogP contribution is -2.35. The highest BCUT2D eigenvalue weighted by atomic mass is 16.2. The highest BCUT2D eigenvalue weighted by Gasteiger charge is 2.15. The van der Waals surface area contributed by atoms with Crippen molar-refractivity contribution in [3.05, 3.63) is 29.3 Å². The summed E-state index contributed by atoms with van der Waals surface area (Å²) in [5.74, 6) is -0.358. The van der Waals surface area contributed by atoms with Gasteiger partial charge in [0.25, 0.3) is 5.91 Å². The van der Waals surface area contributed by atoms with Gasteiger partial charge in [0.05, 0.1) is 6.04 Å². The number of unbranched alkanes of at least 4 members (excludes halogenated alkanes) is 1. The van der Waals surface area contributed by atoms with Crippen LogP contribution in [0.5, 0.6) is 0 Å². The third kappa shape index (κ3) is 5.19. The van der Waals surface area contributed by atoms with Gasteiger partial charge in [-0.3, -0.25) is 9.59 Å². The minimum atomic E-state index is -0.516. The molecule has 0 aliphatic heterocycles. The number of hydrogen-bond acceptors (Lipinski definition) is 3. The molecule has 1 aromatic rings. The van der Waals surface area contributed by atoms with Gasteiger partial charge in [-0.05, 0) is 38.0 Å². The fraction of sp³-hybridized carbons (Fsp3) is 0.500. The maximum atomic E-state index is 12.0. The lowest BCUT2D eigenvalue weighted by molar-refractivity contribution is -0.117. The van der Waals surface area contributed by atoms with Gasteiger partial charge in [-0.15, -0.1) is 0 Å². The number of amides is 2. The van der Waals surface area contributed by atoms with E-state index < -0.39 is 6.04 Å². The molecule has 1 aromatic carbocycles. The van der Waals surface area contributed by atoms with Crippen molar-refractivity contribution in [2.45, 2.75) is 46.1 Å². The number of nitrogens with two attached hydrogens (primary N) is 1. The molecule has 4 N–H and O–H groups in total. The number of carbonyl (C=O) groups is 2. The van der Waals surface area contributed by atoms with Crippen LogP contribution in [0.1, 0.15) is 49.0 Å². The van der Waals surface area contributed by atoms with E-state index in [9.17, 15) is 9.59 Å². The van der Waals surface area contributed by atoms with Crippen molar-refractivity contribution in [2.24, 2.45) is 5.73 Å². The van der Waals surface area contributed by atoms with Crippen molar-refractivity contribution in [1.29, 1.82) is 0 Å². The van der Waals surface area contributed by atoms with Crippen molar-refractivity contribution in [1.82, 2.24) is 5.32 Å². The Hall–Kier alpha value is -1.88. The second kappa shape index (κ2) is 8.42. The van der Waals surface area contributed by atoms with Gasteiger partial charge in [-0.25, -0.2) is 0 Å². The smallest absolute Gasteiger partial charge is 0.251 e. The first-order chi connectivity index (χ1) is 9.99. The molecule has 21 heavy (non-hydrogen) atoms. The van der Waals surface area contributed by atoms with Crippen molar-refractivity contribution >= 4 is 17.5 Å². The molecular weight excluding hydrogens is 266 g/mol. The number of hydrogen-bond donors (Lipinski definition) is 3. The van der Waals surface area contributed by atoms with Crippen LogP contribution in [0.25, 0.3) is 0 Å². The first kappa shape index (κ1) is 17.2. The fourth-order valence-corrected chi connectivity index (χ4v) is 1.94. The van der Waals surface area contributed by atoms with Gasteiger partial charge in [0, 0.05) is 17.8 Å². The third-order valence-electron chi connectivity index (χ3n) is 3.30. The van der Waals surface area contributed by atoms with Crippen LogP contribution in [0.3, 0.4) is 0 Å². The summed E-state index contributed by atoms with van der Waals surface area (Å²) in [7, 11) is 0. The summed E-state index contributed by atoms with van der Waals surface area (Å²) in [6, 6.07) is 4.73. The first-order valence-electron chi connectivity index (χ1n) is 7.44. The maximum absolute atomic E-state index is 12.0. The van der Waals surface area contributed by atoms with Gasteiger partial charge in [0.1, 0.15) is 0 Å². The predicted molar refractivity (Wildman–Crippen MR) is 85.3 cm³/mol. The Balaban J connectivity index is 2.80. The molecular formula is C16H25N3O2. The van der Waals surface area contributed by atoms with Crippen molar-refractivity contribution in [3.63, 3.8) is 0 Å². The highest BCUT2D eigenvalue weighted by Crippen LogP contribution is 2.17. The number of benzene rings is 1. The largest absolute Gasteiger partial charge is 0.352 e. The summed E-state index contributed by atoms with van der Waals surface area (Å²) in [5, 5.41) is 5.55. The molecule has 5 nitrogen and oxygen atoms in total. The average molecular weight is 291 g/mol. The topological polar surface area (TPSA) is 84.2 Å². The van der Waals surface area contributed by atoms with E-state index >= 15 is 0 Å². The molecule has 0 fully saturated rings. The summed E-state index contributed by atoms with van der Waals surface area (Å²) in [4.78, 5) is 23.9.